The van der Waals surface area contributed by atoms with Gasteiger partial charge in [-0.2, -0.15) is 5.10 Å². The van der Waals surface area contributed by atoms with Gasteiger partial charge in [-0.1, -0.05) is 35.9 Å². The zero-order valence-corrected chi connectivity index (χ0v) is 32.1. The van der Waals surface area contributed by atoms with Crippen LogP contribution in [0.4, 0.5) is 16.6 Å². The fourth-order valence-corrected chi connectivity index (χ4v) is 8.71. The van der Waals surface area contributed by atoms with Crippen molar-refractivity contribution < 1.29 is 13.8 Å². The Labute approximate surface area is 322 Å². The highest BCUT2D eigenvalue weighted by Gasteiger charge is 2.26. The highest BCUT2D eigenvalue weighted by atomic mass is 35.5. The monoisotopic (exact) mass is 768 g/mol. The minimum Gasteiger partial charge on any atom is -0.351 e. The molecular formula is C39H45ClN10O3S. The SMILES string of the molecule is CNC(=O)N(CCC=O)c1nn(C)c2cc(C3CCN(Cc4ccc(-c5cccc(S(=O)N6CCC(Nc7ncc(Cl)cn7)CC6)c5)nc4)CC3)ccc12. The first-order valence-corrected chi connectivity index (χ1v) is 19.9. The van der Waals surface area contributed by atoms with Gasteiger partial charge in [0.2, 0.25) is 5.95 Å². The van der Waals surface area contributed by atoms with Crippen molar-refractivity contribution in [1.82, 2.24) is 39.3 Å². The molecule has 1 unspecified atom stereocenters. The number of aromatic nitrogens is 5. The number of aldehydes is 1. The van der Waals surface area contributed by atoms with Crippen LogP contribution >= 0.6 is 11.6 Å². The van der Waals surface area contributed by atoms with Crippen molar-refractivity contribution in [2.75, 3.05) is 50.0 Å². The Kier molecular flexibility index (Phi) is 11.9. The van der Waals surface area contributed by atoms with E-state index in [4.69, 9.17) is 16.6 Å². The summed E-state index contributed by atoms with van der Waals surface area (Å²) in [4.78, 5) is 41.7. The summed E-state index contributed by atoms with van der Waals surface area (Å²) in [7, 11) is 2.20. The fraction of sp³-hybridized carbons (Fsp3) is 0.385. The molecule has 2 fully saturated rings. The minimum absolute atomic E-state index is 0.216. The Bertz CT molecular complexity index is 2100. The molecule has 2 aliphatic heterocycles. The fourth-order valence-electron chi connectivity index (χ4n) is 7.35. The first kappa shape index (κ1) is 37.6. The summed E-state index contributed by atoms with van der Waals surface area (Å²) >= 11 is 5.90. The molecule has 0 radical (unpaired) electrons. The first-order valence-electron chi connectivity index (χ1n) is 18.4. The van der Waals surface area contributed by atoms with Gasteiger partial charge in [0, 0.05) is 69.9 Å². The lowest BCUT2D eigenvalue weighted by Crippen LogP contribution is -2.40. The van der Waals surface area contributed by atoms with Crippen molar-refractivity contribution in [3.63, 3.8) is 0 Å². The van der Waals surface area contributed by atoms with E-state index in [1.807, 2.05) is 46.5 Å². The lowest BCUT2D eigenvalue weighted by atomic mass is 9.89. The van der Waals surface area contributed by atoms with Crippen LogP contribution in [0.5, 0.6) is 0 Å². The molecule has 282 valence electrons. The van der Waals surface area contributed by atoms with Gasteiger partial charge in [0.15, 0.2) is 5.82 Å². The van der Waals surface area contributed by atoms with E-state index < -0.39 is 11.0 Å². The molecule has 0 bridgehead atoms. The number of pyridine rings is 1. The van der Waals surface area contributed by atoms with E-state index >= 15 is 0 Å². The number of urea groups is 1. The number of hydrogen-bond donors (Lipinski definition) is 2. The summed E-state index contributed by atoms with van der Waals surface area (Å²) in [5.74, 6) is 1.55. The molecule has 15 heteroatoms. The molecule has 5 heterocycles. The highest BCUT2D eigenvalue weighted by molar-refractivity contribution is 7.82. The summed E-state index contributed by atoms with van der Waals surface area (Å²) in [6.45, 7) is 4.47. The van der Waals surface area contributed by atoms with Crippen LogP contribution < -0.4 is 15.5 Å². The molecule has 54 heavy (non-hydrogen) atoms. The van der Waals surface area contributed by atoms with E-state index in [-0.39, 0.29) is 25.0 Å². The van der Waals surface area contributed by atoms with Crippen molar-refractivity contribution in [2.45, 2.75) is 55.5 Å². The van der Waals surface area contributed by atoms with E-state index in [1.165, 1.54) is 10.5 Å². The normalized spacial score (nSPS) is 16.6. The lowest BCUT2D eigenvalue weighted by Gasteiger charge is -2.32. The number of aryl methyl sites for hydroxylation is 1. The number of nitrogens with one attached hydrogen (secondary N) is 2. The van der Waals surface area contributed by atoms with Crippen LogP contribution in [0, 0.1) is 0 Å². The number of rotatable bonds is 12. The summed E-state index contributed by atoms with van der Waals surface area (Å²) in [6, 6.07) is 18.4. The van der Waals surface area contributed by atoms with Crippen LogP contribution in [0.15, 0.2) is 78.1 Å². The van der Waals surface area contributed by atoms with Gasteiger partial charge in [0.25, 0.3) is 0 Å². The number of anilines is 2. The van der Waals surface area contributed by atoms with Gasteiger partial charge < -0.3 is 15.4 Å². The second-order valence-corrected chi connectivity index (χ2v) is 15.8. The molecule has 3 aromatic heterocycles. The number of fused-ring (bicyclic) bond motifs is 1. The number of benzene rings is 2. The van der Waals surface area contributed by atoms with Crippen LogP contribution in [-0.4, -0.2) is 96.3 Å². The van der Waals surface area contributed by atoms with Crippen LogP contribution in [0.1, 0.15) is 49.1 Å². The standard InChI is InChI=1S/C39H45ClN10O3S/c1-41-39(52)50(15-4-20-51)37-34-9-8-29(22-36(34)47(2)46-37)28-11-16-48(17-12-28)26-27-7-10-35(42-23-27)30-5-3-6-33(21-30)54(53)49-18-13-32(14-19-49)45-38-43-24-31(40)25-44-38/h3,5-10,20-25,28,32H,4,11-19,26H2,1-2H3,(H,41,52)(H,43,44,45). The van der Waals surface area contributed by atoms with Gasteiger partial charge in [-0.3, -0.25) is 19.5 Å². The third-order valence-electron chi connectivity index (χ3n) is 10.3. The van der Waals surface area contributed by atoms with E-state index in [0.29, 0.717) is 35.8 Å². The average molecular weight is 769 g/mol. The second-order valence-electron chi connectivity index (χ2n) is 13.8. The minimum atomic E-state index is -1.27. The molecule has 0 saturated carbocycles. The topological polar surface area (TPSA) is 141 Å². The van der Waals surface area contributed by atoms with Crippen molar-refractivity contribution in [2.24, 2.45) is 7.05 Å². The Morgan fingerprint density at radius 3 is 2.46 bits per heavy atom. The summed E-state index contributed by atoms with van der Waals surface area (Å²) in [5, 5.41) is 12.1. The molecule has 2 aliphatic rings. The quantitative estimate of drug-likeness (QED) is 0.151. The van der Waals surface area contributed by atoms with Crippen LogP contribution in [-0.2, 0) is 29.4 Å². The Morgan fingerprint density at radius 1 is 0.981 bits per heavy atom. The molecule has 13 nitrogen and oxygen atoms in total. The predicted molar refractivity (Wildman–Crippen MR) is 212 cm³/mol. The molecule has 2 N–H and O–H groups in total. The largest absolute Gasteiger partial charge is 0.351 e. The van der Waals surface area contributed by atoms with Crippen LogP contribution in [0.3, 0.4) is 0 Å². The first-order chi connectivity index (χ1) is 26.3. The van der Waals surface area contributed by atoms with E-state index in [9.17, 15) is 13.8 Å². The van der Waals surface area contributed by atoms with Gasteiger partial charge in [-0.15, -0.1) is 0 Å². The maximum atomic E-state index is 13.6. The third kappa shape index (κ3) is 8.62. The van der Waals surface area contributed by atoms with Crippen molar-refractivity contribution >= 4 is 57.6 Å². The van der Waals surface area contributed by atoms with Gasteiger partial charge in [0.1, 0.15) is 17.3 Å². The molecule has 2 aromatic carbocycles. The van der Waals surface area contributed by atoms with Crippen molar-refractivity contribution in [1.29, 1.82) is 0 Å². The Morgan fingerprint density at radius 2 is 1.76 bits per heavy atom. The number of amides is 2. The number of halogens is 1. The van der Waals surface area contributed by atoms with Crippen molar-refractivity contribution in [3.05, 3.63) is 89.3 Å². The van der Waals surface area contributed by atoms with Gasteiger partial charge in [0.05, 0.1) is 33.5 Å². The van der Waals surface area contributed by atoms with E-state index in [2.05, 4.69) is 60.9 Å². The smallest absolute Gasteiger partial charge is 0.322 e. The highest BCUT2D eigenvalue weighted by Crippen LogP contribution is 2.34. The summed E-state index contributed by atoms with van der Waals surface area (Å²) < 4.78 is 17.4. The zero-order valence-electron chi connectivity index (χ0n) is 30.5. The van der Waals surface area contributed by atoms with E-state index in [1.54, 1.807) is 19.4 Å². The molecule has 2 amide bonds. The number of piperidine rings is 2. The number of carbonyl (C=O) groups is 2. The lowest BCUT2D eigenvalue weighted by molar-refractivity contribution is -0.107. The van der Waals surface area contributed by atoms with Crippen LogP contribution in [0.25, 0.3) is 22.2 Å². The molecule has 2 saturated heterocycles. The van der Waals surface area contributed by atoms with Crippen molar-refractivity contribution in [3.8, 4) is 11.3 Å². The number of hydrogen-bond acceptors (Lipinski definition) is 9. The number of carbonyl (C=O) groups excluding carboxylic acids is 2. The summed E-state index contributed by atoms with van der Waals surface area (Å²) in [5.41, 5.74) is 5.21. The Hall–Kier alpha value is -4.76. The maximum Gasteiger partial charge on any atom is 0.322 e. The Balaban J connectivity index is 0.919. The van der Waals surface area contributed by atoms with E-state index in [0.717, 1.165) is 84.2 Å². The van der Waals surface area contributed by atoms with Gasteiger partial charge in [-0.25, -0.2) is 23.3 Å². The number of likely N-dealkylation sites (tertiary alicyclic amines) is 1. The molecule has 0 aliphatic carbocycles. The molecule has 5 aromatic rings. The average Bonchev–Trinajstić information content (AvgIpc) is 3.54. The summed E-state index contributed by atoms with van der Waals surface area (Å²) in [6.07, 6.45) is 9.93. The van der Waals surface area contributed by atoms with Crippen LogP contribution in [0.2, 0.25) is 5.02 Å². The molecule has 7 rings (SSSR count). The molecular weight excluding hydrogens is 724 g/mol. The third-order valence-corrected chi connectivity index (χ3v) is 12.0. The maximum absolute atomic E-state index is 13.6. The molecule has 0 spiro atoms. The predicted octanol–water partition coefficient (Wildman–Crippen LogP) is 5.79. The molecule has 1 atom stereocenters. The van der Waals surface area contributed by atoms with Gasteiger partial charge >= 0.3 is 6.03 Å². The zero-order chi connectivity index (χ0) is 37.6. The second kappa shape index (κ2) is 17.1. The van der Waals surface area contributed by atoms with Gasteiger partial charge in [-0.05, 0) is 86.1 Å². The number of nitrogens with zero attached hydrogens (tertiary/aromatic N) is 8.